The predicted octanol–water partition coefficient (Wildman–Crippen LogP) is 3.55. The van der Waals surface area contributed by atoms with Gasteiger partial charge in [-0.2, -0.15) is 5.10 Å². The Hall–Kier alpha value is -2.86. The van der Waals surface area contributed by atoms with Crippen molar-refractivity contribution < 1.29 is 9.53 Å². The van der Waals surface area contributed by atoms with Crippen LogP contribution < -0.4 is 5.32 Å². The average molecular weight is 343 g/mol. The monoisotopic (exact) mass is 342 g/mol. The smallest absolute Gasteiger partial charge is 0.407 e. The number of nitrogens with zero attached hydrogens (tertiary/aromatic N) is 2. The molecule has 0 aliphatic heterocycles. The van der Waals surface area contributed by atoms with Crippen molar-refractivity contribution in [2.24, 2.45) is 0 Å². The van der Waals surface area contributed by atoms with E-state index in [1.165, 1.54) is 0 Å². The number of amides is 1. The first-order chi connectivity index (χ1) is 11.7. The number of hydrogen-bond donors (Lipinski definition) is 2. The van der Waals surface area contributed by atoms with Crippen LogP contribution >= 0.6 is 11.6 Å². The van der Waals surface area contributed by atoms with E-state index in [1.807, 2.05) is 42.5 Å². The van der Waals surface area contributed by atoms with Gasteiger partial charge in [0, 0.05) is 10.6 Å². The first-order valence-corrected chi connectivity index (χ1v) is 7.70. The second-order valence-electron chi connectivity index (χ2n) is 5.03. The van der Waals surface area contributed by atoms with E-state index in [4.69, 9.17) is 16.3 Å². The Labute approximate surface area is 143 Å². The minimum absolute atomic E-state index is 0.203. The summed E-state index contributed by atoms with van der Waals surface area (Å²) in [5.74, 6) is 1.08. The normalized spacial score (nSPS) is 10.4. The zero-order chi connectivity index (χ0) is 16.8. The molecule has 3 rings (SSSR count). The molecule has 0 bridgehead atoms. The highest BCUT2D eigenvalue weighted by Crippen LogP contribution is 2.17. The van der Waals surface area contributed by atoms with Crippen molar-refractivity contribution in [2.45, 2.75) is 13.2 Å². The van der Waals surface area contributed by atoms with Crippen LogP contribution in [-0.2, 0) is 17.9 Å². The van der Waals surface area contributed by atoms with Gasteiger partial charge >= 0.3 is 6.09 Å². The zero-order valence-electron chi connectivity index (χ0n) is 12.7. The van der Waals surface area contributed by atoms with Gasteiger partial charge in [-0.1, -0.05) is 41.9 Å². The second-order valence-corrected chi connectivity index (χ2v) is 5.46. The van der Waals surface area contributed by atoms with Gasteiger partial charge in [-0.25, -0.2) is 9.78 Å². The number of carbonyl (C=O) groups is 1. The van der Waals surface area contributed by atoms with E-state index in [2.05, 4.69) is 20.5 Å². The minimum atomic E-state index is -0.511. The Morgan fingerprint density at radius 1 is 1.12 bits per heavy atom. The van der Waals surface area contributed by atoms with Gasteiger partial charge in [0.15, 0.2) is 5.82 Å². The molecule has 0 atom stereocenters. The molecule has 0 saturated carbocycles. The highest BCUT2D eigenvalue weighted by molar-refractivity contribution is 6.30. The molecule has 0 aliphatic carbocycles. The maximum atomic E-state index is 11.7. The molecule has 2 aromatic carbocycles. The Bertz CT molecular complexity index is 803. The van der Waals surface area contributed by atoms with E-state index in [0.717, 1.165) is 11.1 Å². The van der Waals surface area contributed by atoms with Crippen LogP contribution in [0.1, 0.15) is 11.4 Å². The van der Waals surface area contributed by atoms with Crippen LogP contribution in [0.25, 0.3) is 11.4 Å². The molecule has 0 unspecified atom stereocenters. The molecule has 7 heteroatoms. The van der Waals surface area contributed by atoms with Gasteiger partial charge in [-0.3, -0.25) is 5.10 Å². The molecule has 1 heterocycles. The van der Waals surface area contributed by atoms with Crippen LogP contribution in [0.4, 0.5) is 4.79 Å². The fourth-order valence-corrected chi connectivity index (χ4v) is 2.16. The maximum Gasteiger partial charge on any atom is 0.407 e. The number of aromatic nitrogens is 3. The van der Waals surface area contributed by atoms with Crippen molar-refractivity contribution in [2.75, 3.05) is 0 Å². The van der Waals surface area contributed by atoms with Crippen LogP contribution in [0.3, 0.4) is 0 Å². The first kappa shape index (κ1) is 16.0. The molecule has 0 aliphatic rings. The number of aromatic amines is 1. The van der Waals surface area contributed by atoms with E-state index < -0.39 is 6.09 Å². The van der Waals surface area contributed by atoms with Gasteiger partial charge in [0.05, 0.1) is 6.54 Å². The molecule has 1 amide bonds. The molecule has 0 spiro atoms. The Morgan fingerprint density at radius 2 is 1.88 bits per heavy atom. The van der Waals surface area contributed by atoms with E-state index in [-0.39, 0.29) is 13.2 Å². The molecule has 24 heavy (non-hydrogen) atoms. The topological polar surface area (TPSA) is 79.9 Å². The predicted molar refractivity (Wildman–Crippen MR) is 90.3 cm³/mol. The summed E-state index contributed by atoms with van der Waals surface area (Å²) in [4.78, 5) is 16.0. The fraction of sp³-hybridized carbons (Fsp3) is 0.118. The molecule has 0 fully saturated rings. The van der Waals surface area contributed by atoms with Crippen LogP contribution in [0, 0.1) is 0 Å². The van der Waals surface area contributed by atoms with Crippen molar-refractivity contribution in [3.8, 4) is 11.4 Å². The molecule has 0 saturated heterocycles. The number of hydrogen-bond acceptors (Lipinski definition) is 4. The number of nitrogens with one attached hydrogen (secondary N) is 2. The highest BCUT2D eigenvalue weighted by Gasteiger charge is 2.08. The summed E-state index contributed by atoms with van der Waals surface area (Å²) in [5.41, 5.74) is 1.77. The summed E-state index contributed by atoms with van der Waals surface area (Å²) in [5, 5.41) is 10.2. The largest absolute Gasteiger partial charge is 0.445 e. The van der Waals surface area contributed by atoms with Gasteiger partial charge in [-0.15, -0.1) is 0 Å². The number of ether oxygens (including phenoxy) is 1. The van der Waals surface area contributed by atoms with Gasteiger partial charge in [0.2, 0.25) is 0 Å². The van der Waals surface area contributed by atoms with Crippen LogP contribution in [0.15, 0.2) is 54.6 Å². The molecule has 0 radical (unpaired) electrons. The van der Waals surface area contributed by atoms with Gasteiger partial charge in [0.25, 0.3) is 0 Å². The quantitative estimate of drug-likeness (QED) is 0.743. The number of halogens is 1. The number of H-pyrrole nitrogens is 1. The lowest BCUT2D eigenvalue weighted by atomic mass is 10.2. The van der Waals surface area contributed by atoms with Crippen molar-refractivity contribution >= 4 is 17.7 Å². The number of rotatable bonds is 5. The molecule has 122 valence electrons. The van der Waals surface area contributed by atoms with Crippen molar-refractivity contribution in [1.82, 2.24) is 20.5 Å². The zero-order valence-corrected chi connectivity index (χ0v) is 13.5. The molecular formula is C17H15ClN4O2. The Morgan fingerprint density at radius 3 is 2.62 bits per heavy atom. The van der Waals surface area contributed by atoms with E-state index >= 15 is 0 Å². The number of benzene rings is 2. The average Bonchev–Trinajstić information content (AvgIpc) is 3.09. The second kappa shape index (κ2) is 7.61. The van der Waals surface area contributed by atoms with Gasteiger partial charge in [-0.05, 0) is 29.8 Å². The third kappa shape index (κ3) is 4.33. The standard InChI is InChI=1S/C17H15ClN4O2/c18-14-8-6-13(7-9-14)16-20-15(21-22-16)10-19-17(23)24-11-12-4-2-1-3-5-12/h1-9H,10-11H2,(H,19,23)(H,20,21,22). The number of carbonyl (C=O) groups excluding carboxylic acids is 1. The lowest BCUT2D eigenvalue weighted by molar-refractivity contribution is 0.139. The summed E-state index contributed by atoms with van der Waals surface area (Å²) in [6, 6.07) is 16.7. The third-order valence-electron chi connectivity index (χ3n) is 3.25. The summed E-state index contributed by atoms with van der Waals surface area (Å²) in [7, 11) is 0. The Kier molecular flexibility index (Phi) is 5.08. The summed E-state index contributed by atoms with van der Waals surface area (Å²) < 4.78 is 5.13. The van der Waals surface area contributed by atoms with Crippen molar-refractivity contribution in [3.63, 3.8) is 0 Å². The van der Waals surface area contributed by atoms with Crippen LogP contribution in [-0.4, -0.2) is 21.3 Å². The molecule has 1 aromatic heterocycles. The summed E-state index contributed by atoms with van der Waals surface area (Å²) in [6.45, 7) is 0.424. The molecular weight excluding hydrogens is 328 g/mol. The van der Waals surface area contributed by atoms with Crippen LogP contribution in [0.2, 0.25) is 5.02 Å². The van der Waals surface area contributed by atoms with E-state index in [0.29, 0.717) is 16.7 Å². The summed E-state index contributed by atoms with van der Waals surface area (Å²) >= 11 is 5.85. The van der Waals surface area contributed by atoms with Crippen LogP contribution in [0.5, 0.6) is 0 Å². The van der Waals surface area contributed by atoms with Gasteiger partial charge in [0.1, 0.15) is 12.4 Å². The van der Waals surface area contributed by atoms with E-state index in [9.17, 15) is 4.79 Å². The molecule has 3 aromatic rings. The van der Waals surface area contributed by atoms with Gasteiger partial charge < -0.3 is 10.1 Å². The lowest BCUT2D eigenvalue weighted by Crippen LogP contribution is -2.24. The van der Waals surface area contributed by atoms with Crippen molar-refractivity contribution in [3.05, 3.63) is 71.0 Å². The van der Waals surface area contributed by atoms with Crippen molar-refractivity contribution in [1.29, 1.82) is 0 Å². The molecule has 2 N–H and O–H groups in total. The fourth-order valence-electron chi connectivity index (χ4n) is 2.03. The Balaban J connectivity index is 1.50. The lowest BCUT2D eigenvalue weighted by Gasteiger charge is -2.05. The molecule has 6 nitrogen and oxygen atoms in total. The third-order valence-corrected chi connectivity index (χ3v) is 3.50. The SMILES string of the molecule is O=C(NCc1nc(-c2ccc(Cl)cc2)n[nH]1)OCc1ccccc1. The first-order valence-electron chi connectivity index (χ1n) is 7.32. The minimum Gasteiger partial charge on any atom is -0.445 e. The summed E-state index contributed by atoms with van der Waals surface area (Å²) in [6.07, 6.45) is -0.511. The maximum absolute atomic E-state index is 11.7. The highest BCUT2D eigenvalue weighted by atomic mass is 35.5. The number of alkyl carbamates (subject to hydrolysis) is 1. The van der Waals surface area contributed by atoms with E-state index in [1.54, 1.807) is 12.1 Å².